The average molecular weight is 165 g/mol. The highest BCUT2D eigenvalue weighted by molar-refractivity contribution is 6.02. The van der Waals surface area contributed by atoms with Crippen molar-refractivity contribution in [2.24, 2.45) is 0 Å². The van der Waals surface area contributed by atoms with E-state index in [0.717, 1.165) is 0 Å². The largest absolute Gasteiger partial charge is 0.275 e. The Labute approximate surface area is 71.4 Å². The minimum atomic E-state index is -0.227. The van der Waals surface area contributed by atoms with Gasteiger partial charge in [-0.3, -0.25) is 14.5 Å². The summed E-state index contributed by atoms with van der Waals surface area (Å²) >= 11 is 0. The highest BCUT2D eigenvalue weighted by Crippen LogP contribution is 2.14. The number of hydrogen-bond acceptors (Lipinski definition) is 2. The second-order valence-electron chi connectivity index (χ2n) is 2.68. The molecule has 1 aliphatic rings. The molecule has 0 aromatic heterocycles. The van der Waals surface area contributed by atoms with Crippen LogP contribution in [0.3, 0.4) is 0 Å². The summed E-state index contributed by atoms with van der Waals surface area (Å²) in [7, 11) is 0. The average Bonchev–Trinajstić information content (AvgIpc) is 2.32. The van der Waals surface area contributed by atoms with Crippen molar-refractivity contribution in [2.45, 2.75) is 19.4 Å². The standard InChI is InChI=1S/C9H11NO2/c1-3-4-8-5-6-9(12)10(8)7(2)11/h3,5-6,8H,1,4H2,2H3/t8-/m0/s1. The van der Waals surface area contributed by atoms with Gasteiger partial charge in [-0.2, -0.15) is 0 Å². The summed E-state index contributed by atoms with van der Waals surface area (Å²) in [5.74, 6) is -0.439. The Bertz CT molecular complexity index is 255. The predicted octanol–water partition coefficient (Wildman–Crippen LogP) is 0.876. The van der Waals surface area contributed by atoms with Crippen molar-refractivity contribution in [3.63, 3.8) is 0 Å². The molecule has 3 nitrogen and oxygen atoms in total. The van der Waals surface area contributed by atoms with E-state index in [9.17, 15) is 9.59 Å². The molecule has 0 saturated carbocycles. The molecule has 1 atom stereocenters. The fourth-order valence-electron chi connectivity index (χ4n) is 1.27. The van der Waals surface area contributed by atoms with Gasteiger partial charge in [0.2, 0.25) is 5.91 Å². The Kier molecular flexibility index (Phi) is 2.43. The summed E-state index contributed by atoms with van der Waals surface area (Å²) in [5, 5.41) is 0. The van der Waals surface area contributed by atoms with Crippen LogP contribution in [0.15, 0.2) is 24.8 Å². The van der Waals surface area contributed by atoms with Crippen LogP contribution in [0.1, 0.15) is 13.3 Å². The zero-order chi connectivity index (χ0) is 9.14. The smallest absolute Gasteiger partial charge is 0.253 e. The molecule has 1 aliphatic heterocycles. The van der Waals surface area contributed by atoms with Gasteiger partial charge < -0.3 is 0 Å². The van der Waals surface area contributed by atoms with Gasteiger partial charge in [-0.05, 0) is 6.42 Å². The first-order chi connectivity index (χ1) is 5.66. The van der Waals surface area contributed by atoms with Gasteiger partial charge in [-0.1, -0.05) is 12.2 Å². The van der Waals surface area contributed by atoms with Crippen molar-refractivity contribution in [2.75, 3.05) is 0 Å². The minimum Gasteiger partial charge on any atom is -0.275 e. The Morgan fingerprint density at radius 1 is 1.83 bits per heavy atom. The summed E-state index contributed by atoms with van der Waals surface area (Å²) in [6, 6.07) is -0.118. The molecule has 64 valence electrons. The van der Waals surface area contributed by atoms with Gasteiger partial charge in [0.05, 0.1) is 6.04 Å². The van der Waals surface area contributed by atoms with Gasteiger partial charge in [0.1, 0.15) is 0 Å². The summed E-state index contributed by atoms with van der Waals surface area (Å²) in [4.78, 5) is 23.3. The van der Waals surface area contributed by atoms with Crippen LogP contribution in [0.2, 0.25) is 0 Å². The summed E-state index contributed by atoms with van der Waals surface area (Å²) < 4.78 is 0. The molecule has 0 radical (unpaired) electrons. The molecular weight excluding hydrogens is 154 g/mol. The molecule has 0 aliphatic carbocycles. The third-order valence-corrected chi connectivity index (χ3v) is 1.78. The number of amides is 2. The monoisotopic (exact) mass is 165 g/mol. The van der Waals surface area contributed by atoms with Crippen LogP contribution in [-0.4, -0.2) is 22.8 Å². The number of carbonyl (C=O) groups excluding carboxylic acids is 2. The molecule has 0 aromatic carbocycles. The van der Waals surface area contributed by atoms with Crippen LogP contribution >= 0.6 is 0 Å². The molecule has 1 heterocycles. The van der Waals surface area contributed by atoms with Gasteiger partial charge in [0.25, 0.3) is 5.91 Å². The fraction of sp³-hybridized carbons (Fsp3) is 0.333. The first kappa shape index (κ1) is 8.71. The number of carbonyl (C=O) groups is 2. The van der Waals surface area contributed by atoms with Crippen LogP contribution < -0.4 is 0 Å². The number of rotatable bonds is 2. The Balaban J connectivity index is 2.75. The SMILES string of the molecule is C=CC[C@H]1C=CC(=O)N1C(C)=O. The third kappa shape index (κ3) is 1.44. The molecule has 0 saturated heterocycles. The Morgan fingerprint density at radius 2 is 2.50 bits per heavy atom. The molecule has 0 spiro atoms. The molecule has 0 bridgehead atoms. The molecular formula is C9H11NO2. The zero-order valence-corrected chi connectivity index (χ0v) is 6.99. The maximum Gasteiger partial charge on any atom is 0.253 e. The summed E-state index contributed by atoms with van der Waals surface area (Å²) in [5.41, 5.74) is 0. The number of imide groups is 1. The summed E-state index contributed by atoms with van der Waals surface area (Å²) in [6.45, 7) is 4.95. The molecule has 12 heavy (non-hydrogen) atoms. The van der Waals surface area contributed by atoms with E-state index < -0.39 is 0 Å². The van der Waals surface area contributed by atoms with Gasteiger partial charge >= 0.3 is 0 Å². The van der Waals surface area contributed by atoms with Crippen LogP contribution in [0.4, 0.5) is 0 Å². The van der Waals surface area contributed by atoms with Crippen molar-refractivity contribution in [1.29, 1.82) is 0 Å². The molecule has 0 fully saturated rings. The quantitative estimate of drug-likeness (QED) is 0.569. The molecule has 2 amide bonds. The lowest BCUT2D eigenvalue weighted by molar-refractivity contribution is -0.140. The number of hydrogen-bond donors (Lipinski definition) is 0. The molecule has 0 aromatic rings. The maximum absolute atomic E-state index is 11.1. The fourth-order valence-corrected chi connectivity index (χ4v) is 1.27. The first-order valence-electron chi connectivity index (χ1n) is 3.79. The molecule has 3 heteroatoms. The first-order valence-corrected chi connectivity index (χ1v) is 3.79. The van der Waals surface area contributed by atoms with E-state index in [4.69, 9.17) is 0 Å². The molecule has 0 unspecified atom stereocenters. The van der Waals surface area contributed by atoms with Crippen LogP contribution in [0, 0.1) is 0 Å². The van der Waals surface area contributed by atoms with Crippen molar-refractivity contribution >= 4 is 11.8 Å². The predicted molar refractivity (Wildman–Crippen MR) is 45.3 cm³/mol. The van der Waals surface area contributed by atoms with E-state index in [-0.39, 0.29) is 17.9 Å². The van der Waals surface area contributed by atoms with Gasteiger partial charge in [-0.25, -0.2) is 0 Å². The number of nitrogens with zero attached hydrogens (tertiary/aromatic N) is 1. The van der Waals surface area contributed by atoms with E-state index in [1.54, 1.807) is 12.2 Å². The van der Waals surface area contributed by atoms with E-state index in [1.807, 2.05) is 0 Å². The van der Waals surface area contributed by atoms with E-state index in [1.165, 1.54) is 17.9 Å². The van der Waals surface area contributed by atoms with Gasteiger partial charge in [-0.15, -0.1) is 6.58 Å². The topological polar surface area (TPSA) is 37.4 Å². The van der Waals surface area contributed by atoms with E-state index in [0.29, 0.717) is 6.42 Å². The lowest BCUT2D eigenvalue weighted by Gasteiger charge is -2.19. The van der Waals surface area contributed by atoms with Gasteiger partial charge in [0, 0.05) is 13.0 Å². The third-order valence-electron chi connectivity index (χ3n) is 1.78. The second-order valence-corrected chi connectivity index (χ2v) is 2.68. The van der Waals surface area contributed by atoms with Crippen molar-refractivity contribution in [3.8, 4) is 0 Å². The molecule has 1 rings (SSSR count). The lowest BCUT2D eigenvalue weighted by Crippen LogP contribution is -2.37. The minimum absolute atomic E-state index is 0.118. The Hall–Kier alpha value is -1.38. The molecule has 0 N–H and O–H groups in total. The van der Waals surface area contributed by atoms with Crippen LogP contribution in [-0.2, 0) is 9.59 Å². The van der Waals surface area contributed by atoms with Gasteiger partial charge in [0.15, 0.2) is 0 Å². The van der Waals surface area contributed by atoms with E-state index in [2.05, 4.69) is 6.58 Å². The highest BCUT2D eigenvalue weighted by atomic mass is 16.2. The highest BCUT2D eigenvalue weighted by Gasteiger charge is 2.27. The summed E-state index contributed by atoms with van der Waals surface area (Å²) in [6.07, 6.45) is 5.48. The zero-order valence-electron chi connectivity index (χ0n) is 6.99. The van der Waals surface area contributed by atoms with Crippen molar-refractivity contribution in [1.82, 2.24) is 4.90 Å². The van der Waals surface area contributed by atoms with Crippen LogP contribution in [0.25, 0.3) is 0 Å². The van der Waals surface area contributed by atoms with Crippen molar-refractivity contribution in [3.05, 3.63) is 24.8 Å². The van der Waals surface area contributed by atoms with Crippen molar-refractivity contribution < 1.29 is 9.59 Å². The maximum atomic E-state index is 11.1. The van der Waals surface area contributed by atoms with E-state index >= 15 is 0 Å². The lowest BCUT2D eigenvalue weighted by atomic mass is 10.2. The van der Waals surface area contributed by atoms with Crippen LogP contribution in [0.5, 0.6) is 0 Å². The Morgan fingerprint density at radius 3 is 3.00 bits per heavy atom. The normalized spacial score (nSPS) is 21.6. The second kappa shape index (κ2) is 3.34.